The molecule has 0 aromatic heterocycles. The largest absolute Gasteiger partial charge is 0.489 e. The van der Waals surface area contributed by atoms with Crippen LogP contribution in [0.15, 0.2) is 36.9 Å². The number of hydrogen-bond acceptors (Lipinski definition) is 3. The summed E-state index contributed by atoms with van der Waals surface area (Å²) >= 11 is 5.39. The number of anilines is 1. The van der Waals surface area contributed by atoms with Crippen molar-refractivity contribution in [2.24, 2.45) is 0 Å². The first-order chi connectivity index (χ1) is 12.2. The fourth-order valence-electron chi connectivity index (χ4n) is 3.29. The van der Waals surface area contributed by atoms with E-state index in [-0.39, 0.29) is 0 Å². The van der Waals surface area contributed by atoms with E-state index in [1.165, 1.54) is 32.2 Å². The molecule has 4 nitrogen and oxygen atoms in total. The highest BCUT2D eigenvalue weighted by molar-refractivity contribution is 7.80. The molecule has 0 unspecified atom stereocenters. The van der Waals surface area contributed by atoms with E-state index in [4.69, 9.17) is 17.0 Å². The van der Waals surface area contributed by atoms with E-state index in [1.54, 1.807) is 6.08 Å². The monoisotopic (exact) mass is 361 g/mol. The summed E-state index contributed by atoms with van der Waals surface area (Å²) in [6.07, 6.45) is 8.19. The second kappa shape index (κ2) is 11.1. The SMILES string of the molecule is C=CCOc1cccc(NC(=S)NCCCN2CCCC[C@@H]2CC)c1. The predicted molar refractivity (Wildman–Crippen MR) is 110 cm³/mol. The first-order valence-electron chi connectivity index (χ1n) is 9.35. The van der Waals surface area contributed by atoms with E-state index >= 15 is 0 Å². The standard InChI is InChI=1S/C20H31N3OS/c1-3-15-24-19-11-7-9-17(16-19)22-20(25)21-12-8-14-23-13-6-5-10-18(23)4-2/h3,7,9,11,16,18H,1,4-6,8,10,12-15H2,2H3,(H2,21,22,25)/t18-/m0/s1. The van der Waals surface area contributed by atoms with Gasteiger partial charge in [0.1, 0.15) is 12.4 Å². The van der Waals surface area contributed by atoms with Crippen molar-refractivity contribution in [1.29, 1.82) is 0 Å². The molecule has 1 atom stereocenters. The summed E-state index contributed by atoms with van der Waals surface area (Å²) in [4.78, 5) is 2.64. The first kappa shape index (κ1) is 19.7. The van der Waals surface area contributed by atoms with Crippen molar-refractivity contribution in [1.82, 2.24) is 10.2 Å². The molecule has 25 heavy (non-hydrogen) atoms. The van der Waals surface area contributed by atoms with Crippen LogP contribution in [0.5, 0.6) is 5.75 Å². The summed E-state index contributed by atoms with van der Waals surface area (Å²) in [5, 5.41) is 7.18. The van der Waals surface area contributed by atoms with Crippen molar-refractivity contribution in [3.63, 3.8) is 0 Å². The molecule has 138 valence electrons. The van der Waals surface area contributed by atoms with Crippen LogP contribution in [-0.4, -0.2) is 42.3 Å². The quantitative estimate of drug-likeness (QED) is 0.392. The third kappa shape index (κ3) is 7.04. The van der Waals surface area contributed by atoms with Crippen molar-refractivity contribution >= 4 is 23.0 Å². The molecule has 0 aliphatic carbocycles. The van der Waals surface area contributed by atoms with Crippen molar-refractivity contribution in [3.05, 3.63) is 36.9 Å². The fourth-order valence-corrected chi connectivity index (χ4v) is 3.51. The number of benzene rings is 1. The Morgan fingerprint density at radius 2 is 2.32 bits per heavy atom. The summed E-state index contributed by atoms with van der Waals surface area (Å²) in [6, 6.07) is 8.57. The van der Waals surface area contributed by atoms with Crippen LogP contribution < -0.4 is 15.4 Å². The highest BCUT2D eigenvalue weighted by Gasteiger charge is 2.19. The Kier molecular flexibility index (Phi) is 8.77. The van der Waals surface area contributed by atoms with E-state index in [2.05, 4.69) is 29.0 Å². The number of likely N-dealkylation sites (tertiary alicyclic amines) is 1. The molecular formula is C20H31N3OS. The Hall–Kier alpha value is -1.59. The number of rotatable bonds is 9. The number of piperidine rings is 1. The van der Waals surface area contributed by atoms with Crippen molar-refractivity contribution in [2.75, 3.05) is 31.6 Å². The van der Waals surface area contributed by atoms with Gasteiger partial charge in [0.25, 0.3) is 0 Å². The topological polar surface area (TPSA) is 36.5 Å². The van der Waals surface area contributed by atoms with Gasteiger partial charge < -0.3 is 20.3 Å². The summed E-state index contributed by atoms with van der Waals surface area (Å²) in [7, 11) is 0. The van der Waals surface area contributed by atoms with Gasteiger partial charge in [-0.05, 0) is 56.6 Å². The van der Waals surface area contributed by atoms with E-state index < -0.39 is 0 Å². The molecule has 0 bridgehead atoms. The van der Waals surface area contributed by atoms with Crippen LogP contribution in [0.1, 0.15) is 39.0 Å². The molecule has 1 aromatic carbocycles. The van der Waals surface area contributed by atoms with Gasteiger partial charge in [0, 0.05) is 30.9 Å². The molecule has 1 aliphatic heterocycles. The van der Waals surface area contributed by atoms with Crippen LogP contribution in [-0.2, 0) is 0 Å². The average molecular weight is 362 g/mol. The molecule has 1 saturated heterocycles. The summed E-state index contributed by atoms with van der Waals surface area (Å²) in [5.74, 6) is 0.809. The van der Waals surface area contributed by atoms with Gasteiger partial charge in [-0.25, -0.2) is 0 Å². The molecule has 5 heteroatoms. The third-order valence-electron chi connectivity index (χ3n) is 4.59. The summed E-state index contributed by atoms with van der Waals surface area (Å²) in [6.45, 7) is 9.75. The van der Waals surface area contributed by atoms with Gasteiger partial charge in [-0.15, -0.1) is 0 Å². The maximum atomic E-state index is 5.54. The van der Waals surface area contributed by atoms with Crippen LogP contribution in [0.25, 0.3) is 0 Å². The Morgan fingerprint density at radius 1 is 1.44 bits per heavy atom. The first-order valence-corrected chi connectivity index (χ1v) is 9.76. The van der Waals surface area contributed by atoms with Crippen molar-refractivity contribution < 1.29 is 4.74 Å². The number of nitrogens with one attached hydrogen (secondary N) is 2. The van der Waals surface area contributed by atoms with Crippen molar-refractivity contribution in [2.45, 2.75) is 45.1 Å². The van der Waals surface area contributed by atoms with Crippen LogP contribution in [0.3, 0.4) is 0 Å². The number of ether oxygens (including phenoxy) is 1. The Bertz CT molecular complexity index is 549. The molecule has 0 spiro atoms. The van der Waals surface area contributed by atoms with Gasteiger partial charge in [0.15, 0.2) is 5.11 Å². The third-order valence-corrected chi connectivity index (χ3v) is 4.83. The summed E-state index contributed by atoms with van der Waals surface area (Å²) < 4.78 is 5.54. The van der Waals surface area contributed by atoms with Gasteiger partial charge in [0.2, 0.25) is 0 Å². The summed E-state index contributed by atoms with van der Waals surface area (Å²) in [5.41, 5.74) is 0.932. The second-order valence-corrected chi connectivity index (χ2v) is 6.86. The molecule has 1 fully saturated rings. The molecule has 0 saturated carbocycles. The zero-order valence-electron chi connectivity index (χ0n) is 15.3. The minimum atomic E-state index is 0.501. The smallest absolute Gasteiger partial charge is 0.170 e. The zero-order valence-corrected chi connectivity index (χ0v) is 16.1. The maximum Gasteiger partial charge on any atom is 0.170 e. The molecule has 0 radical (unpaired) electrons. The lowest BCUT2D eigenvalue weighted by Crippen LogP contribution is -2.40. The lowest BCUT2D eigenvalue weighted by molar-refractivity contribution is 0.143. The van der Waals surface area contributed by atoms with E-state index in [9.17, 15) is 0 Å². The van der Waals surface area contributed by atoms with Crippen LogP contribution >= 0.6 is 12.2 Å². The molecule has 2 N–H and O–H groups in total. The predicted octanol–water partition coefficient (Wildman–Crippen LogP) is 4.19. The molecule has 0 amide bonds. The van der Waals surface area contributed by atoms with E-state index in [0.717, 1.165) is 37.0 Å². The number of hydrogen-bond donors (Lipinski definition) is 2. The minimum Gasteiger partial charge on any atom is -0.489 e. The maximum absolute atomic E-state index is 5.54. The van der Waals surface area contributed by atoms with E-state index in [0.29, 0.717) is 11.7 Å². The van der Waals surface area contributed by atoms with Crippen LogP contribution in [0.2, 0.25) is 0 Å². The number of thiocarbonyl (C=S) groups is 1. The van der Waals surface area contributed by atoms with Crippen LogP contribution in [0, 0.1) is 0 Å². The minimum absolute atomic E-state index is 0.501. The highest BCUT2D eigenvalue weighted by Crippen LogP contribution is 2.19. The molecule has 1 heterocycles. The molecule has 1 aromatic rings. The van der Waals surface area contributed by atoms with Crippen LogP contribution in [0.4, 0.5) is 5.69 Å². The van der Waals surface area contributed by atoms with Crippen molar-refractivity contribution in [3.8, 4) is 5.75 Å². The molecule has 2 rings (SSSR count). The highest BCUT2D eigenvalue weighted by atomic mass is 32.1. The second-order valence-electron chi connectivity index (χ2n) is 6.46. The average Bonchev–Trinajstić information content (AvgIpc) is 2.64. The van der Waals surface area contributed by atoms with Gasteiger partial charge in [-0.2, -0.15) is 0 Å². The van der Waals surface area contributed by atoms with Gasteiger partial charge >= 0.3 is 0 Å². The Balaban J connectivity index is 1.67. The lowest BCUT2D eigenvalue weighted by Gasteiger charge is -2.35. The normalized spacial score (nSPS) is 17.7. The fraction of sp³-hybridized carbons (Fsp3) is 0.550. The van der Waals surface area contributed by atoms with E-state index in [1.807, 2.05) is 24.3 Å². The van der Waals surface area contributed by atoms with Gasteiger partial charge in [-0.1, -0.05) is 32.1 Å². The van der Waals surface area contributed by atoms with Gasteiger partial charge in [0.05, 0.1) is 0 Å². The number of nitrogens with zero attached hydrogens (tertiary/aromatic N) is 1. The Labute approximate surface area is 157 Å². The Morgan fingerprint density at radius 3 is 3.12 bits per heavy atom. The molecular weight excluding hydrogens is 330 g/mol. The van der Waals surface area contributed by atoms with Gasteiger partial charge in [-0.3, -0.25) is 0 Å². The lowest BCUT2D eigenvalue weighted by atomic mass is 10.00. The zero-order chi connectivity index (χ0) is 17.9. The molecule has 1 aliphatic rings.